The predicted molar refractivity (Wildman–Crippen MR) is 96.7 cm³/mol. The van der Waals surface area contributed by atoms with Crippen molar-refractivity contribution < 1.29 is 9.53 Å². The van der Waals surface area contributed by atoms with Crippen molar-refractivity contribution in [1.82, 2.24) is 20.2 Å². The number of Topliss-reactive ketones (excluding diaryl/α,β-unsaturated/α-hetero) is 1. The van der Waals surface area contributed by atoms with Gasteiger partial charge in [0.05, 0.1) is 24.1 Å². The van der Waals surface area contributed by atoms with E-state index in [4.69, 9.17) is 4.74 Å². The van der Waals surface area contributed by atoms with Gasteiger partial charge in [0, 0.05) is 0 Å². The Morgan fingerprint density at radius 1 is 1.20 bits per heavy atom. The van der Waals surface area contributed by atoms with E-state index < -0.39 is 0 Å². The van der Waals surface area contributed by atoms with Crippen molar-refractivity contribution in [2.75, 3.05) is 12.9 Å². The number of tetrazole rings is 1. The summed E-state index contributed by atoms with van der Waals surface area (Å²) in [6.07, 6.45) is 0. The number of thioether (sulfide) groups is 1. The van der Waals surface area contributed by atoms with Crippen molar-refractivity contribution in [2.45, 2.75) is 19.0 Å². The normalized spacial score (nSPS) is 10.7. The van der Waals surface area contributed by atoms with Crippen molar-refractivity contribution >= 4 is 17.5 Å². The quantitative estimate of drug-likeness (QED) is 0.500. The zero-order chi connectivity index (χ0) is 17.8. The summed E-state index contributed by atoms with van der Waals surface area (Å²) in [5, 5.41) is 12.5. The lowest BCUT2D eigenvalue weighted by Crippen LogP contribution is -2.07. The molecule has 25 heavy (non-hydrogen) atoms. The van der Waals surface area contributed by atoms with E-state index in [0.29, 0.717) is 16.5 Å². The third kappa shape index (κ3) is 3.71. The third-order valence-corrected chi connectivity index (χ3v) is 4.69. The largest absolute Gasteiger partial charge is 0.496 e. The second-order valence-electron chi connectivity index (χ2n) is 5.58. The van der Waals surface area contributed by atoms with Crippen LogP contribution in [-0.2, 0) is 0 Å². The van der Waals surface area contributed by atoms with Crippen LogP contribution in [0.2, 0.25) is 0 Å². The van der Waals surface area contributed by atoms with Crippen LogP contribution < -0.4 is 4.74 Å². The molecule has 0 aliphatic rings. The number of hydrogen-bond acceptors (Lipinski definition) is 6. The molecule has 0 amide bonds. The molecule has 0 bridgehead atoms. The highest BCUT2D eigenvalue weighted by Crippen LogP contribution is 2.24. The minimum Gasteiger partial charge on any atom is -0.496 e. The number of para-hydroxylation sites is 1. The number of methoxy groups -OCH3 is 1. The number of carbonyl (C=O) groups is 1. The predicted octanol–water partition coefficient (Wildman–Crippen LogP) is 3.26. The Hall–Kier alpha value is -2.67. The van der Waals surface area contributed by atoms with Crippen LogP contribution in [0, 0.1) is 13.8 Å². The van der Waals surface area contributed by atoms with Gasteiger partial charge in [-0.2, -0.15) is 4.68 Å². The zero-order valence-corrected chi connectivity index (χ0v) is 15.1. The molecule has 0 radical (unpaired) electrons. The standard InChI is InChI=1S/C18H18N4O2S/c1-12-8-9-13(2)15(10-12)22-18(19-20-21-22)25-11-16(23)14-6-4-5-7-17(14)24-3/h4-10H,11H2,1-3H3. The molecule has 128 valence electrons. The Labute approximate surface area is 150 Å². The van der Waals surface area contributed by atoms with Gasteiger partial charge < -0.3 is 4.74 Å². The summed E-state index contributed by atoms with van der Waals surface area (Å²) in [6, 6.07) is 13.3. The SMILES string of the molecule is COc1ccccc1C(=O)CSc1nnnn1-c1cc(C)ccc1C. The van der Waals surface area contributed by atoms with Crippen LogP contribution in [0.5, 0.6) is 5.75 Å². The molecule has 3 rings (SSSR count). The molecule has 0 N–H and O–H groups in total. The van der Waals surface area contributed by atoms with E-state index in [-0.39, 0.29) is 11.5 Å². The van der Waals surface area contributed by atoms with Crippen LogP contribution in [0.3, 0.4) is 0 Å². The fraction of sp³-hybridized carbons (Fsp3) is 0.222. The van der Waals surface area contributed by atoms with Gasteiger partial charge in [-0.1, -0.05) is 36.0 Å². The zero-order valence-electron chi connectivity index (χ0n) is 14.3. The minimum atomic E-state index is -0.0297. The molecular weight excluding hydrogens is 336 g/mol. The summed E-state index contributed by atoms with van der Waals surface area (Å²) in [5.41, 5.74) is 3.66. The second-order valence-corrected chi connectivity index (χ2v) is 6.52. The molecule has 0 saturated carbocycles. The van der Waals surface area contributed by atoms with Gasteiger partial charge in [-0.3, -0.25) is 4.79 Å². The van der Waals surface area contributed by atoms with Crippen LogP contribution in [-0.4, -0.2) is 38.9 Å². The first kappa shape index (κ1) is 17.2. The topological polar surface area (TPSA) is 69.9 Å². The average molecular weight is 354 g/mol. The first-order valence-electron chi connectivity index (χ1n) is 7.75. The maximum absolute atomic E-state index is 12.5. The highest BCUT2D eigenvalue weighted by molar-refractivity contribution is 7.99. The smallest absolute Gasteiger partial charge is 0.214 e. The number of nitrogens with zero attached hydrogens (tertiary/aromatic N) is 4. The molecule has 0 fully saturated rings. The molecule has 3 aromatic rings. The Morgan fingerprint density at radius 3 is 2.80 bits per heavy atom. The fourth-order valence-electron chi connectivity index (χ4n) is 2.45. The van der Waals surface area contributed by atoms with Gasteiger partial charge >= 0.3 is 0 Å². The van der Waals surface area contributed by atoms with Crippen molar-refractivity contribution in [3.8, 4) is 11.4 Å². The van der Waals surface area contributed by atoms with Crippen LogP contribution in [0.25, 0.3) is 5.69 Å². The Bertz CT molecular complexity index is 908. The van der Waals surface area contributed by atoms with E-state index in [1.165, 1.54) is 11.8 Å². The summed E-state index contributed by atoms with van der Waals surface area (Å²) in [6.45, 7) is 4.02. The number of ketones is 1. The lowest BCUT2D eigenvalue weighted by Gasteiger charge is -2.09. The summed E-state index contributed by atoms with van der Waals surface area (Å²) in [5.74, 6) is 0.770. The third-order valence-electron chi connectivity index (χ3n) is 3.77. The first-order valence-corrected chi connectivity index (χ1v) is 8.73. The molecule has 0 aliphatic carbocycles. The Kier molecular flexibility index (Phi) is 5.14. The highest BCUT2D eigenvalue weighted by Gasteiger charge is 2.16. The molecule has 0 saturated heterocycles. The molecule has 0 atom stereocenters. The number of benzene rings is 2. The minimum absolute atomic E-state index is 0.0297. The molecule has 2 aromatic carbocycles. The number of ether oxygens (including phenoxy) is 1. The molecule has 0 aliphatic heterocycles. The van der Waals surface area contributed by atoms with Gasteiger partial charge in [0.2, 0.25) is 5.16 Å². The molecule has 6 nitrogen and oxygen atoms in total. The van der Waals surface area contributed by atoms with E-state index in [1.807, 2.05) is 44.2 Å². The molecule has 0 unspecified atom stereocenters. The summed E-state index contributed by atoms with van der Waals surface area (Å²) in [4.78, 5) is 12.5. The Balaban J connectivity index is 1.80. The van der Waals surface area contributed by atoms with E-state index >= 15 is 0 Å². The van der Waals surface area contributed by atoms with Crippen LogP contribution in [0.4, 0.5) is 0 Å². The summed E-state index contributed by atoms with van der Waals surface area (Å²) >= 11 is 1.31. The first-order chi connectivity index (χ1) is 12.1. The van der Waals surface area contributed by atoms with Gasteiger partial charge in [-0.15, -0.1) is 5.10 Å². The monoisotopic (exact) mass is 354 g/mol. The van der Waals surface area contributed by atoms with E-state index in [0.717, 1.165) is 16.8 Å². The summed E-state index contributed by atoms with van der Waals surface area (Å²) < 4.78 is 6.92. The molecular formula is C18H18N4O2S. The Morgan fingerprint density at radius 2 is 2.00 bits per heavy atom. The van der Waals surface area contributed by atoms with E-state index in [1.54, 1.807) is 23.9 Å². The lowest BCUT2D eigenvalue weighted by atomic mass is 10.1. The van der Waals surface area contributed by atoms with E-state index in [2.05, 4.69) is 15.5 Å². The van der Waals surface area contributed by atoms with Crippen LogP contribution in [0.15, 0.2) is 47.6 Å². The molecule has 7 heteroatoms. The van der Waals surface area contributed by atoms with Crippen molar-refractivity contribution in [1.29, 1.82) is 0 Å². The van der Waals surface area contributed by atoms with Crippen LogP contribution >= 0.6 is 11.8 Å². The number of rotatable bonds is 6. The lowest BCUT2D eigenvalue weighted by molar-refractivity contribution is 0.101. The average Bonchev–Trinajstić information content (AvgIpc) is 3.10. The van der Waals surface area contributed by atoms with Gasteiger partial charge in [0.25, 0.3) is 0 Å². The highest BCUT2D eigenvalue weighted by atomic mass is 32.2. The van der Waals surface area contributed by atoms with Gasteiger partial charge in [-0.05, 0) is 53.6 Å². The van der Waals surface area contributed by atoms with Gasteiger partial charge in [-0.25, -0.2) is 0 Å². The molecule has 1 heterocycles. The van der Waals surface area contributed by atoms with Crippen molar-refractivity contribution in [3.05, 3.63) is 59.2 Å². The number of carbonyl (C=O) groups excluding carboxylic acids is 1. The number of hydrogen-bond donors (Lipinski definition) is 0. The second kappa shape index (κ2) is 7.48. The number of aromatic nitrogens is 4. The van der Waals surface area contributed by atoms with Crippen LogP contribution in [0.1, 0.15) is 21.5 Å². The van der Waals surface area contributed by atoms with Gasteiger partial charge in [0.1, 0.15) is 5.75 Å². The summed E-state index contributed by atoms with van der Waals surface area (Å²) in [7, 11) is 1.56. The number of aryl methyl sites for hydroxylation is 2. The maximum Gasteiger partial charge on any atom is 0.214 e. The van der Waals surface area contributed by atoms with Crippen molar-refractivity contribution in [3.63, 3.8) is 0 Å². The van der Waals surface area contributed by atoms with Gasteiger partial charge in [0.15, 0.2) is 5.78 Å². The molecule has 1 aromatic heterocycles. The van der Waals surface area contributed by atoms with E-state index in [9.17, 15) is 4.79 Å². The maximum atomic E-state index is 12.5. The van der Waals surface area contributed by atoms with Crippen molar-refractivity contribution in [2.24, 2.45) is 0 Å². The molecule has 0 spiro atoms. The fourth-order valence-corrected chi connectivity index (χ4v) is 3.22.